The van der Waals surface area contributed by atoms with Gasteiger partial charge < -0.3 is 5.73 Å². The van der Waals surface area contributed by atoms with Gasteiger partial charge >= 0.3 is 0 Å². The molecule has 0 spiro atoms. The summed E-state index contributed by atoms with van der Waals surface area (Å²) < 4.78 is 28.6. The maximum absolute atomic E-state index is 12.7. The summed E-state index contributed by atoms with van der Waals surface area (Å²) in [5, 5.41) is 4.01. The summed E-state index contributed by atoms with van der Waals surface area (Å²) in [5.41, 5.74) is 6.38. The fourth-order valence-electron chi connectivity index (χ4n) is 3.45. The van der Waals surface area contributed by atoms with Crippen molar-refractivity contribution in [1.29, 1.82) is 0 Å². The van der Waals surface area contributed by atoms with Crippen LogP contribution in [0.2, 0.25) is 0 Å². The summed E-state index contributed by atoms with van der Waals surface area (Å²) in [6.07, 6.45) is 3.54. The minimum absolute atomic E-state index is 0.108. The molecule has 6 nitrogen and oxygen atoms in total. The lowest BCUT2D eigenvalue weighted by atomic mass is 10.0. The van der Waals surface area contributed by atoms with E-state index in [1.165, 1.54) is 11.1 Å². The first-order valence-electron chi connectivity index (χ1n) is 6.70. The lowest BCUT2D eigenvalue weighted by Gasteiger charge is -2.17. The van der Waals surface area contributed by atoms with Crippen LogP contribution in [0, 0.1) is 18.8 Å². The zero-order chi connectivity index (χ0) is 13.8. The summed E-state index contributed by atoms with van der Waals surface area (Å²) in [5.74, 6) is 1.18. The molecule has 1 saturated carbocycles. The highest BCUT2D eigenvalue weighted by Gasteiger charge is 2.43. The molecule has 2 fully saturated rings. The van der Waals surface area contributed by atoms with Gasteiger partial charge in [-0.3, -0.25) is 4.68 Å². The summed E-state index contributed by atoms with van der Waals surface area (Å²) in [6.45, 7) is 3.02. The molecule has 7 heteroatoms. The molecule has 2 aliphatic rings. The van der Waals surface area contributed by atoms with E-state index in [-0.39, 0.29) is 10.7 Å². The van der Waals surface area contributed by atoms with E-state index in [1.807, 2.05) is 0 Å². The highest BCUT2D eigenvalue weighted by Crippen LogP contribution is 2.40. The van der Waals surface area contributed by atoms with Crippen molar-refractivity contribution in [2.45, 2.75) is 31.1 Å². The minimum atomic E-state index is -3.50. The van der Waals surface area contributed by atoms with Gasteiger partial charge in [-0.1, -0.05) is 6.42 Å². The van der Waals surface area contributed by atoms with Gasteiger partial charge in [0.05, 0.1) is 5.69 Å². The van der Waals surface area contributed by atoms with Gasteiger partial charge in [-0.05, 0) is 31.6 Å². The second-order valence-corrected chi connectivity index (χ2v) is 7.57. The molecule has 1 saturated heterocycles. The molecule has 1 aliphatic carbocycles. The molecule has 1 aromatic rings. The minimum Gasteiger partial charge on any atom is -0.381 e. The predicted molar refractivity (Wildman–Crippen MR) is 71.9 cm³/mol. The molecule has 2 N–H and O–H groups in total. The van der Waals surface area contributed by atoms with Gasteiger partial charge in [-0.15, -0.1) is 0 Å². The van der Waals surface area contributed by atoms with Crippen LogP contribution in [0.4, 0.5) is 5.82 Å². The fraction of sp³-hybridized carbons (Fsp3) is 0.750. The number of aryl methyl sites for hydroxylation is 1. The first kappa shape index (κ1) is 12.9. The van der Waals surface area contributed by atoms with Gasteiger partial charge in [0.2, 0.25) is 10.0 Å². The van der Waals surface area contributed by atoms with Crippen molar-refractivity contribution in [1.82, 2.24) is 14.1 Å². The van der Waals surface area contributed by atoms with Gasteiger partial charge in [0, 0.05) is 20.1 Å². The van der Waals surface area contributed by atoms with E-state index in [1.54, 1.807) is 18.3 Å². The second-order valence-electron chi connectivity index (χ2n) is 5.70. The Labute approximate surface area is 113 Å². The normalized spacial score (nSPS) is 27.9. The van der Waals surface area contributed by atoms with E-state index in [0.29, 0.717) is 30.6 Å². The number of fused-ring (bicyclic) bond motifs is 1. The van der Waals surface area contributed by atoms with Gasteiger partial charge in [0.25, 0.3) is 0 Å². The molecule has 1 aliphatic heterocycles. The predicted octanol–water partition coefficient (Wildman–Crippen LogP) is 0.731. The van der Waals surface area contributed by atoms with Crippen LogP contribution in [-0.2, 0) is 17.1 Å². The van der Waals surface area contributed by atoms with Crippen LogP contribution in [-0.4, -0.2) is 35.6 Å². The lowest BCUT2D eigenvalue weighted by Crippen LogP contribution is -2.30. The third-order valence-corrected chi connectivity index (χ3v) is 6.59. The number of nitrogen functional groups attached to an aromatic ring is 1. The van der Waals surface area contributed by atoms with Crippen molar-refractivity contribution in [3.05, 3.63) is 5.69 Å². The number of nitrogens with zero attached hydrogens (tertiary/aromatic N) is 3. The van der Waals surface area contributed by atoms with Crippen molar-refractivity contribution in [2.24, 2.45) is 18.9 Å². The van der Waals surface area contributed by atoms with Crippen LogP contribution < -0.4 is 5.73 Å². The molecular formula is C12H20N4O2S. The molecule has 2 atom stereocenters. The Balaban J connectivity index is 1.95. The molecule has 1 aromatic heterocycles. The van der Waals surface area contributed by atoms with Crippen LogP contribution in [0.1, 0.15) is 25.0 Å². The van der Waals surface area contributed by atoms with E-state index in [0.717, 1.165) is 12.8 Å². The number of hydrogen-bond acceptors (Lipinski definition) is 4. The number of sulfonamides is 1. The number of anilines is 1. The molecule has 0 radical (unpaired) electrons. The summed E-state index contributed by atoms with van der Waals surface area (Å²) in [7, 11) is -1.78. The fourth-order valence-corrected chi connectivity index (χ4v) is 5.29. The van der Waals surface area contributed by atoms with Gasteiger partial charge in [-0.25, -0.2) is 8.42 Å². The molecule has 2 heterocycles. The Morgan fingerprint density at radius 2 is 1.84 bits per heavy atom. The number of rotatable bonds is 2. The first-order chi connectivity index (χ1) is 8.91. The molecule has 19 heavy (non-hydrogen) atoms. The summed E-state index contributed by atoms with van der Waals surface area (Å²) >= 11 is 0. The average Bonchev–Trinajstić information content (AvgIpc) is 2.92. The van der Waals surface area contributed by atoms with Crippen molar-refractivity contribution in [3.63, 3.8) is 0 Å². The van der Waals surface area contributed by atoms with E-state index >= 15 is 0 Å². The molecule has 3 rings (SSSR count). The van der Waals surface area contributed by atoms with Crippen molar-refractivity contribution in [2.75, 3.05) is 18.8 Å². The van der Waals surface area contributed by atoms with Crippen molar-refractivity contribution in [3.8, 4) is 0 Å². The quantitative estimate of drug-likeness (QED) is 0.868. The van der Waals surface area contributed by atoms with Crippen LogP contribution in [0.25, 0.3) is 0 Å². The van der Waals surface area contributed by atoms with Crippen LogP contribution in [0.15, 0.2) is 4.90 Å². The average molecular weight is 284 g/mol. The molecule has 0 bridgehead atoms. The highest BCUT2D eigenvalue weighted by molar-refractivity contribution is 7.89. The second kappa shape index (κ2) is 4.21. The molecule has 0 amide bonds. The van der Waals surface area contributed by atoms with E-state index < -0.39 is 10.0 Å². The largest absolute Gasteiger partial charge is 0.381 e. The Bertz CT molecular complexity index is 595. The van der Waals surface area contributed by atoms with Crippen molar-refractivity contribution >= 4 is 15.8 Å². The van der Waals surface area contributed by atoms with Crippen LogP contribution in [0.3, 0.4) is 0 Å². The Morgan fingerprint density at radius 1 is 1.26 bits per heavy atom. The Hall–Kier alpha value is -1.08. The molecule has 106 valence electrons. The van der Waals surface area contributed by atoms with Gasteiger partial charge in [0.15, 0.2) is 5.82 Å². The number of nitrogens with two attached hydrogens (primary N) is 1. The lowest BCUT2D eigenvalue weighted by molar-refractivity contribution is 0.445. The molecule has 0 aromatic carbocycles. The van der Waals surface area contributed by atoms with Crippen LogP contribution >= 0.6 is 0 Å². The third kappa shape index (κ3) is 1.87. The SMILES string of the molecule is Cc1c(S(=O)(=O)N2CC3CCCC3C2)c(N)nn1C. The van der Waals surface area contributed by atoms with E-state index in [2.05, 4.69) is 5.10 Å². The summed E-state index contributed by atoms with van der Waals surface area (Å²) in [6, 6.07) is 0. The topological polar surface area (TPSA) is 81.2 Å². The third-order valence-electron chi connectivity index (χ3n) is 4.60. The monoisotopic (exact) mass is 284 g/mol. The number of aromatic nitrogens is 2. The van der Waals surface area contributed by atoms with E-state index in [9.17, 15) is 8.42 Å². The molecular weight excluding hydrogens is 264 g/mol. The standard InChI is InChI=1S/C12H20N4O2S/c1-8-11(12(13)14-15(8)2)19(17,18)16-6-9-4-3-5-10(9)7-16/h9-10H,3-7H2,1-2H3,(H2,13,14). The number of hydrogen-bond donors (Lipinski definition) is 1. The van der Waals surface area contributed by atoms with E-state index in [4.69, 9.17) is 5.73 Å². The Morgan fingerprint density at radius 3 is 2.32 bits per heavy atom. The highest BCUT2D eigenvalue weighted by atomic mass is 32.2. The molecule has 2 unspecified atom stereocenters. The maximum Gasteiger partial charge on any atom is 0.248 e. The Kier molecular flexibility index (Phi) is 2.86. The zero-order valence-corrected chi connectivity index (χ0v) is 12.2. The summed E-state index contributed by atoms with van der Waals surface area (Å²) in [4.78, 5) is 0.190. The van der Waals surface area contributed by atoms with Gasteiger partial charge in [0.1, 0.15) is 4.90 Å². The maximum atomic E-state index is 12.7. The van der Waals surface area contributed by atoms with Crippen molar-refractivity contribution < 1.29 is 8.42 Å². The van der Waals surface area contributed by atoms with Crippen LogP contribution in [0.5, 0.6) is 0 Å². The first-order valence-corrected chi connectivity index (χ1v) is 8.14. The smallest absolute Gasteiger partial charge is 0.248 e. The zero-order valence-electron chi connectivity index (χ0n) is 11.3. The van der Waals surface area contributed by atoms with Gasteiger partial charge in [-0.2, -0.15) is 9.40 Å².